The molecule has 0 saturated heterocycles. The Hall–Kier alpha value is -1.21. The van der Waals surface area contributed by atoms with Crippen LogP contribution in [0.1, 0.15) is 13.3 Å². The number of terminal acetylenes is 1. The van der Waals surface area contributed by atoms with Gasteiger partial charge in [-0.15, -0.1) is 6.42 Å². The van der Waals surface area contributed by atoms with Crippen molar-refractivity contribution in [1.82, 2.24) is 5.32 Å². The molecular weight excluding hydrogens is 250 g/mol. The number of hydrogen-bond donors (Lipinski definition) is 2. The molecule has 0 saturated carbocycles. The van der Waals surface area contributed by atoms with E-state index in [1.165, 1.54) is 0 Å². The Balaban J connectivity index is 2.29. The molecule has 98 valence electrons. The highest BCUT2D eigenvalue weighted by Crippen LogP contribution is 2.17. The van der Waals surface area contributed by atoms with Crippen LogP contribution in [0.5, 0.6) is 5.75 Å². The molecule has 3 nitrogen and oxygen atoms in total. The second-order valence-electron chi connectivity index (χ2n) is 3.96. The van der Waals surface area contributed by atoms with Gasteiger partial charge in [0.15, 0.2) is 0 Å². The van der Waals surface area contributed by atoms with Crippen LogP contribution >= 0.6 is 11.6 Å². The zero-order valence-electron chi connectivity index (χ0n) is 10.4. The first-order valence-electron chi connectivity index (χ1n) is 5.91. The summed E-state index contributed by atoms with van der Waals surface area (Å²) in [5, 5.41) is 13.4. The molecule has 2 N–H and O–H groups in total. The predicted octanol–water partition coefficient (Wildman–Crippen LogP) is 2.08. The molecule has 1 rings (SSSR count). The first-order chi connectivity index (χ1) is 8.65. The lowest BCUT2D eigenvalue weighted by Crippen LogP contribution is -2.37. The highest BCUT2D eigenvalue weighted by Gasteiger charge is 2.08. The lowest BCUT2D eigenvalue weighted by molar-refractivity contribution is 0.105. The SMILES string of the molecule is C#CC(CC)NCC(O)COc1cccc(Cl)c1. The van der Waals surface area contributed by atoms with Gasteiger partial charge in [0.05, 0.1) is 6.04 Å². The van der Waals surface area contributed by atoms with E-state index in [4.69, 9.17) is 22.8 Å². The summed E-state index contributed by atoms with van der Waals surface area (Å²) in [5.74, 6) is 3.25. The molecule has 0 radical (unpaired) electrons. The van der Waals surface area contributed by atoms with Gasteiger partial charge in [-0.1, -0.05) is 30.5 Å². The van der Waals surface area contributed by atoms with Crippen molar-refractivity contribution < 1.29 is 9.84 Å². The molecular formula is C14H18ClNO2. The molecule has 0 aliphatic heterocycles. The van der Waals surface area contributed by atoms with Crippen molar-refractivity contribution in [3.8, 4) is 18.1 Å². The maximum atomic E-state index is 9.73. The maximum absolute atomic E-state index is 9.73. The van der Waals surface area contributed by atoms with Gasteiger partial charge in [0, 0.05) is 11.6 Å². The summed E-state index contributed by atoms with van der Waals surface area (Å²) in [7, 11) is 0. The van der Waals surface area contributed by atoms with Gasteiger partial charge in [0.2, 0.25) is 0 Å². The fraction of sp³-hybridized carbons (Fsp3) is 0.429. The van der Waals surface area contributed by atoms with Crippen molar-refractivity contribution in [2.75, 3.05) is 13.2 Å². The summed E-state index contributed by atoms with van der Waals surface area (Å²) >= 11 is 5.82. The molecule has 0 amide bonds. The van der Waals surface area contributed by atoms with E-state index in [-0.39, 0.29) is 12.6 Å². The van der Waals surface area contributed by atoms with Crippen LogP contribution in [0.15, 0.2) is 24.3 Å². The molecule has 2 unspecified atom stereocenters. The van der Waals surface area contributed by atoms with Crippen LogP contribution < -0.4 is 10.1 Å². The van der Waals surface area contributed by atoms with Gasteiger partial charge in [0.25, 0.3) is 0 Å². The van der Waals surface area contributed by atoms with E-state index in [2.05, 4.69) is 11.2 Å². The fourth-order valence-corrected chi connectivity index (χ4v) is 1.59. The maximum Gasteiger partial charge on any atom is 0.120 e. The van der Waals surface area contributed by atoms with Gasteiger partial charge in [-0.2, -0.15) is 0 Å². The van der Waals surface area contributed by atoms with Crippen LogP contribution in [0.4, 0.5) is 0 Å². The highest BCUT2D eigenvalue weighted by molar-refractivity contribution is 6.30. The summed E-state index contributed by atoms with van der Waals surface area (Å²) in [6.07, 6.45) is 5.54. The standard InChI is InChI=1S/C14H18ClNO2/c1-3-12(4-2)16-9-13(17)10-18-14-7-5-6-11(15)8-14/h1,5-8,12-13,16-17H,4,9-10H2,2H3. The molecule has 1 aromatic carbocycles. The number of rotatable bonds is 7. The van der Waals surface area contributed by atoms with Gasteiger partial charge < -0.3 is 15.2 Å². The average molecular weight is 268 g/mol. The van der Waals surface area contributed by atoms with E-state index in [1.54, 1.807) is 24.3 Å². The summed E-state index contributed by atoms with van der Waals surface area (Å²) in [4.78, 5) is 0. The quantitative estimate of drug-likeness (QED) is 0.744. The number of ether oxygens (including phenoxy) is 1. The molecule has 0 aliphatic rings. The number of hydrogen-bond acceptors (Lipinski definition) is 3. The number of benzene rings is 1. The van der Waals surface area contributed by atoms with Crippen LogP contribution in [0, 0.1) is 12.3 Å². The number of halogens is 1. The minimum atomic E-state index is -0.605. The van der Waals surface area contributed by atoms with Crippen molar-refractivity contribution in [1.29, 1.82) is 0 Å². The van der Waals surface area contributed by atoms with Gasteiger partial charge in [-0.25, -0.2) is 0 Å². The second-order valence-corrected chi connectivity index (χ2v) is 4.39. The Labute approximate surface area is 113 Å². The average Bonchev–Trinajstić information content (AvgIpc) is 2.37. The number of aliphatic hydroxyl groups is 1. The molecule has 0 fully saturated rings. The van der Waals surface area contributed by atoms with Crippen molar-refractivity contribution in [2.45, 2.75) is 25.5 Å². The van der Waals surface area contributed by atoms with Gasteiger partial charge in [-0.05, 0) is 24.6 Å². The summed E-state index contributed by atoms with van der Waals surface area (Å²) in [5.41, 5.74) is 0. The highest BCUT2D eigenvalue weighted by atomic mass is 35.5. The van der Waals surface area contributed by atoms with E-state index >= 15 is 0 Å². The zero-order valence-corrected chi connectivity index (χ0v) is 11.2. The minimum Gasteiger partial charge on any atom is -0.491 e. The topological polar surface area (TPSA) is 41.5 Å². The van der Waals surface area contributed by atoms with E-state index in [1.807, 2.05) is 6.92 Å². The van der Waals surface area contributed by atoms with Crippen LogP contribution in [-0.2, 0) is 0 Å². The molecule has 0 aliphatic carbocycles. The first-order valence-corrected chi connectivity index (χ1v) is 6.29. The van der Waals surface area contributed by atoms with Crippen LogP contribution in [-0.4, -0.2) is 30.4 Å². The third-order valence-electron chi connectivity index (χ3n) is 2.45. The molecule has 18 heavy (non-hydrogen) atoms. The molecule has 1 aromatic rings. The van der Waals surface area contributed by atoms with Crippen molar-refractivity contribution >= 4 is 11.6 Å². The Bertz CT molecular complexity index is 403. The van der Waals surface area contributed by atoms with Gasteiger partial charge in [0.1, 0.15) is 18.5 Å². The molecule has 2 atom stereocenters. The lowest BCUT2D eigenvalue weighted by Gasteiger charge is -2.16. The second kappa shape index (κ2) is 7.99. The summed E-state index contributed by atoms with van der Waals surface area (Å²) in [6.45, 7) is 2.60. The summed E-state index contributed by atoms with van der Waals surface area (Å²) in [6, 6.07) is 7.06. The third kappa shape index (κ3) is 5.42. The monoisotopic (exact) mass is 267 g/mol. The Morgan fingerprint density at radius 3 is 2.94 bits per heavy atom. The number of nitrogens with one attached hydrogen (secondary N) is 1. The zero-order chi connectivity index (χ0) is 13.4. The summed E-state index contributed by atoms with van der Waals surface area (Å²) < 4.78 is 5.42. The minimum absolute atomic E-state index is 0.00850. The smallest absolute Gasteiger partial charge is 0.120 e. The molecule has 0 spiro atoms. The van der Waals surface area contributed by atoms with Crippen molar-refractivity contribution in [3.05, 3.63) is 29.3 Å². The van der Waals surface area contributed by atoms with Crippen LogP contribution in [0.25, 0.3) is 0 Å². The Morgan fingerprint density at radius 1 is 1.56 bits per heavy atom. The predicted molar refractivity (Wildman–Crippen MR) is 73.9 cm³/mol. The molecule has 0 bridgehead atoms. The van der Waals surface area contributed by atoms with Gasteiger partial charge >= 0.3 is 0 Å². The number of aliphatic hydroxyl groups excluding tert-OH is 1. The van der Waals surface area contributed by atoms with Crippen LogP contribution in [0.2, 0.25) is 5.02 Å². The van der Waals surface area contributed by atoms with Crippen molar-refractivity contribution in [2.24, 2.45) is 0 Å². The van der Waals surface area contributed by atoms with E-state index in [0.29, 0.717) is 17.3 Å². The van der Waals surface area contributed by atoms with E-state index < -0.39 is 6.10 Å². The van der Waals surface area contributed by atoms with Gasteiger partial charge in [-0.3, -0.25) is 0 Å². The van der Waals surface area contributed by atoms with E-state index in [0.717, 1.165) is 6.42 Å². The molecule has 0 aromatic heterocycles. The third-order valence-corrected chi connectivity index (χ3v) is 2.68. The van der Waals surface area contributed by atoms with E-state index in [9.17, 15) is 5.11 Å². The first kappa shape index (κ1) is 14.8. The lowest BCUT2D eigenvalue weighted by atomic mass is 10.2. The van der Waals surface area contributed by atoms with Crippen molar-refractivity contribution in [3.63, 3.8) is 0 Å². The fourth-order valence-electron chi connectivity index (χ4n) is 1.41. The normalized spacial score (nSPS) is 13.7. The largest absolute Gasteiger partial charge is 0.491 e. The van der Waals surface area contributed by atoms with Crippen LogP contribution in [0.3, 0.4) is 0 Å². The molecule has 4 heteroatoms. The Morgan fingerprint density at radius 2 is 2.33 bits per heavy atom. The molecule has 0 heterocycles. The Kier molecular flexibility index (Phi) is 6.59.